The Bertz CT molecular complexity index is 1220. The van der Waals surface area contributed by atoms with Gasteiger partial charge in [-0.05, 0) is 17.5 Å². The van der Waals surface area contributed by atoms with Gasteiger partial charge < -0.3 is 36.5 Å². The summed E-state index contributed by atoms with van der Waals surface area (Å²) in [4.78, 5) is 0. The fourth-order valence-electron chi connectivity index (χ4n) is 3.59. The molecule has 0 fully saturated rings. The Balaban J connectivity index is 0.00000150. The Morgan fingerprint density at radius 2 is 1.58 bits per heavy atom. The molecule has 0 saturated carbocycles. The van der Waals surface area contributed by atoms with Crippen molar-refractivity contribution in [2.45, 2.75) is 0 Å². The molecule has 1 N–H and O–H groups in total. The standard InChI is InChI=1S/C19H11NO5.ClH/c21-15-6-18-19(25-9-24-18)12-4-14-11-5-17-16(22-8-23-17)3-10(11)1-2-20(14)7-13(12)15;/h1-7H,8-9H2;1H. The van der Waals surface area contributed by atoms with Crippen molar-refractivity contribution in [3.05, 3.63) is 42.7 Å². The Hall–Kier alpha value is -3.12. The molecule has 4 aromatic rings. The highest BCUT2D eigenvalue weighted by molar-refractivity contribution is 6.02. The fraction of sp³-hybridized carbons (Fsp3) is 0.105. The van der Waals surface area contributed by atoms with Crippen molar-refractivity contribution in [3.63, 3.8) is 0 Å². The monoisotopic (exact) mass is 369 g/mol. The lowest BCUT2D eigenvalue weighted by atomic mass is 10.1. The summed E-state index contributed by atoms with van der Waals surface area (Å²) in [6.45, 7) is 0.402. The van der Waals surface area contributed by atoms with Crippen LogP contribution < -0.4 is 35.8 Å². The number of nitrogens with zero attached hydrogens (tertiary/aromatic N) is 1. The minimum atomic E-state index is 0. The van der Waals surface area contributed by atoms with Crippen molar-refractivity contribution in [1.82, 2.24) is 0 Å². The van der Waals surface area contributed by atoms with E-state index in [1.54, 1.807) is 6.07 Å². The molecule has 130 valence electrons. The molecule has 7 heteroatoms. The molecular formula is C19H12ClNO5. The van der Waals surface area contributed by atoms with Gasteiger partial charge in [-0.3, -0.25) is 0 Å². The van der Waals surface area contributed by atoms with E-state index < -0.39 is 0 Å². The Kier molecular flexibility index (Phi) is 3.02. The lowest BCUT2D eigenvalue weighted by Gasteiger charge is -2.06. The number of aromatic hydroxyl groups is 1. The van der Waals surface area contributed by atoms with Crippen LogP contribution in [0.4, 0.5) is 0 Å². The van der Waals surface area contributed by atoms with Crippen LogP contribution in [0.25, 0.3) is 27.1 Å². The van der Waals surface area contributed by atoms with Crippen molar-refractivity contribution in [3.8, 4) is 28.7 Å². The second kappa shape index (κ2) is 5.19. The Morgan fingerprint density at radius 1 is 0.808 bits per heavy atom. The molecule has 0 bridgehead atoms. The highest BCUT2D eigenvalue weighted by Gasteiger charge is 2.24. The van der Waals surface area contributed by atoms with Crippen molar-refractivity contribution in [2.24, 2.45) is 0 Å². The van der Waals surface area contributed by atoms with Crippen LogP contribution in [0.2, 0.25) is 0 Å². The Labute approximate surface area is 153 Å². The van der Waals surface area contributed by atoms with Crippen LogP contribution in [0.3, 0.4) is 0 Å². The highest BCUT2D eigenvalue weighted by atomic mass is 35.5. The van der Waals surface area contributed by atoms with E-state index in [0.717, 1.165) is 33.2 Å². The molecule has 4 heterocycles. The maximum atomic E-state index is 10.3. The van der Waals surface area contributed by atoms with Gasteiger partial charge in [0.2, 0.25) is 19.1 Å². The topological polar surface area (TPSA) is 61.3 Å². The number of halogens is 1. The first kappa shape index (κ1) is 15.2. The molecule has 2 aromatic heterocycles. The smallest absolute Gasteiger partial charge is 0.231 e. The maximum absolute atomic E-state index is 10.3. The van der Waals surface area contributed by atoms with Crippen molar-refractivity contribution < 1.29 is 40.9 Å². The minimum absolute atomic E-state index is 0. The summed E-state index contributed by atoms with van der Waals surface area (Å²) < 4.78 is 24.0. The molecule has 6 nitrogen and oxygen atoms in total. The molecule has 0 unspecified atom stereocenters. The third kappa shape index (κ3) is 1.90. The van der Waals surface area contributed by atoms with Crippen LogP contribution in [-0.2, 0) is 0 Å². The van der Waals surface area contributed by atoms with Crippen LogP contribution in [0.5, 0.6) is 28.7 Å². The number of aromatic nitrogens is 1. The zero-order chi connectivity index (χ0) is 16.5. The molecule has 0 saturated heterocycles. The van der Waals surface area contributed by atoms with E-state index in [1.165, 1.54) is 0 Å². The summed E-state index contributed by atoms with van der Waals surface area (Å²) in [7, 11) is 0. The first-order valence-corrected chi connectivity index (χ1v) is 7.90. The fourth-order valence-corrected chi connectivity index (χ4v) is 3.59. The lowest BCUT2D eigenvalue weighted by molar-refractivity contribution is -0.509. The first-order valence-electron chi connectivity index (χ1n) is 7.90. The number of ether oxygens (including phenoxy) is 4. The number of hydrogen-bond acceptors (Lipinski definition) is 5. The van der Waals surface area contributed by atoms with Crippen LogP contribution >= 0.6 is 0 Å². The van der Waals surface area contributed by atoms with Gasteiger partial charge in [0.05, 0.1) is 10.8 Å². The molecule has 0 spiro atoms. The molecule has 0 atom stereocenters. The normalized spacial score (nSPS) is 14.2. The summed E-state index contributed by atoms with van der Waals surface area (Å²) in [5.74, 6) is 2.88. The lowest BCUT2D eigenvalue weighted by Crippen LogP contribution is -3.00. The maximum Gasteiger partial charge on any atom is 0.231 e. The van der Waals surface area contributed by atoms with Gasteiger partial charge in [0.1, 0.15) is 5.75 Å². The third-order valence-corrected chi connectivity index (χ3v) is 4.78. The molecule has 0 amide bonds. The summed E-state index contributed by atoms with van der Waals surface area (Å²) in [6.07, 6.45) is 3.86. The van der Waals surface area contributed by atoms with E-state index in [9.17, 15) is 5.11 Å². The van der Waals surface area contributed by atoms with Gasteiger partial charge in [0, 0.05) is 23.6 Å². The predicted molar refractivity (Wildman–Crippen MR) is 88.5 cm³/mol. The number of rotatable bonds is 0. The summed E-state index contributed by atoms with van der Waals surface area (Å²) in [5, 5.41) is 14.0. The molecule has 6 rings (SSSR count). The summed E-state index contributed by atoms with van der Waals surface area (Å²) in [6, 6.07) is 9.58. The average molecular weight is 370 g/mol. The molecule has 2 aliphatic heterocycles. The van der Waals surface area contributed by atoms with E-state index in [0.29, 0.717) is 16.9 Å². The summed E-state index contributed by atoms with van der Waals surface area (Å²) >= 11 is 0. The van der Waals surface area contributed by atoms with E-state index >= 15 is 0 Å². The number of phenolic OH excluding ortho intramolecular Hbond substituents is 1. The molecule has 26 heavy (non-hydrogen) atoms. The average Bonchev–Trinajstić information content (AvgIpc) is 3.27. The van der Waals surface area contributed by atoms with Crippen LogP contribution in [0.15, 0.2) is 42.7 Å². The van der Waals surface area contributed by atoms with E-state index in [2.05, 4.69) is 0 Å². The molecule has 0 aliphatic carbocycles. The van der Waals surface area contributed by atoms with Crippen molar-refractivity contribution in [2.75, 3.05) is 13.6 Å². The van der Waals surface area contributed by atoms with E-state index in [-0.39, 0.29) is 31.7 Å². The minimum Gasteiger partial charge on any atom is -1.00 e. The van der Waals surface area contributed by atoms with Crippen molar-refractivity contribution in [1.29, 1.82) is 0 Å². The number of pyridine rings is 2. The van der Waals surface area contributed by atoms with Crippen LogP contribution in [-0.4, -0.2) is 18.7 Å². The highest BCUT2D eigenvalue weighted by Crippen LogP contribution is 2.44. The number of fused-ring (bicyclic) bond motifs is 7. The van der Waals surface area contributed by atoms with E-state index in [1.807, 2.05) is 41.1 Å². The second-order valence-electron chi connectivity index (χ2n) is 6.13. The van der Waals surface area contributed by atoms with Gasteiger partial charge in [0.15, 0.2) is 35.4 Å². The van der Waals surface area contributed by atoms with Crippen LogP contribution in [0.1, 0.15) is 0 Å². The van der Waals surface area contributed by atoms with E-state index in [4.69, 9.17) is 18.9 Å². The van der Waals surface area contributed by atoms with Gasteiger partial charge >= 0.3 is 0 Å². The SMILES string of the molecule is Oc1cc2c(c3cc4c5cc6c(cc5cc[n+]4cc13)OCO6)OCO2.[Cl-]. The van der Waals surface area contributed by atoms with Gasteiger partial charge in [-0.1, -0.05) is 0 Å². The largest absolute Gasteiger partial charge is 1.00 e. The van der Waals surface area contributed by atoms with Gasteiger partial charge in [-0.15, -0.1) is 0 Å². The second-order valence-corrected chi connectivity index (χ2v) is 6.13. The molecule has 2 aromatic carbocycles. The quantitative estimate of drug-likeness (QED) is 0.266. The zero-order valence-electron chi connectivity index (χ0n) is 13.4. The zero-order valence-corrected chi connectivity index (χ0v) is 14.1. The number of hydrogen-bond donors (Lipinski definition) is 1. The van der Waals surface area contributed by atoms with Gasteiger partial charge in [-0.25, -0.2) is 0 Å². The van der Waals surface area contributed by atoms with Gasteiger partial charge in [-0.2, -0.15) is 4.40 Å². The molecule has 2 aliphatic rings. The third-order valence-electron chi connectivity index (χ3n) is 4.78. The number of benzene rings is 2. The van der Waals surface area contributed by atoms with Crippen LogP contribution in [0, 0.1) is 0 Å². The first-order chi connectivity index (χ1) is 12.3. The Morgan fingerprint density at radius 3 is 2.46 bits per heavy atom. The predicted octanol–water partition coefficient (Wildman–Crippen LogP) is -0.101. The summed E-state index contributed by atoms with van der Waals surface area (Å²) in [5.41, 5.74) is 0.978. The van der Waals surface area contributed by atoms with Gasteiger partial charge in [0.25, 0.3) is 0 Å². The number of phenols is 1. The molecular weight excluding hydrogens is 358 g/mol. The molecule has 0 radical (unpaired) electrons. The van der Waals surface area contributed by atoms with Crippen molar-refractivity contribution >= 4 is 27.1 Å².